The van der Waals surface area contributed by atoms with Gasteiger partial charge in [0.25, 0.3) is 0 Å². The summed E-state index contributed by atoms with van der Waals surface area (Å²) in [5, 5.41) is 4.72. The summed E-state index contributed by atoms with van der Waals surface area (Å²) in [5.41, 5.74) is 2.46. The van der Waals surface area contributed by atoms with E-state index in [2.05, 4.69) is 15.1 Å². The number of thiocarbonyl (C=S) groups is 1. The third-order valence-electron chi connectivity index (χ3n) is 5.47. The van der Waals surface area contributed by atoms with Gasteiger partial charge < -0.3 is 19.4 Å². The van der Waals surface area contributed by atoms with Crippen molar-refractivity contribution in [3.63, 3.8) is 0 Å². The molecule has 0 radical (unpaired) electrons. The van der Waals surface area contributed by atoms with Gasteiger partial charge in [-0.2, -0.15) is 0 Å². The minimum absolute atomic E-state index is 0.323. The standard InChI is InChI=1S/C24H27N3O3S2/c1-3-29-23(28)21-20(18-8-5-4-6-9-18)17(2)32-22(21)25-24(31)27-13-11-26(12-14-27)16-19-10-7-15-30-19/h4-10,15H,3,11-14,16H2,1-2H3,(H,25,31). The lowest BCUT2D eigenvalue weighted by molar-refractivity contribution is 0.0529. The fourth-order valence-electron chi connectivity index (χ4n) is 3.89. The molecule has 0 spiro atoms. The van der Waals surface area contributed by atoms with Gasteiger partial charge in [0.1, 0.15) is 16.3 Å². The fraction of sp³-hybridized carbons (Fsp3) is 0.333. The van der Waals surface area contributed by atoms with E-state index in [9.17, 15) is 4.79 Å². The number of esters is 1. The van der Waals surface area contributed by atoms with Gasteiger partial charge in [0.15, 0.2) is 5.11 Å². The first-order valence-electron chi connectivity index (χ1n) is 10.7. The van der Waals surface area contributed by atoms with Crippen molar-refractivity contribution in [3.8, 4) is 11.1 Å². The Morgan fingerprint density at radius 2 is 1.91 bits per heavy atom. The summed E-state index contributed by atoms with van der Waals surface area (Å²) >= 11 is 7.26. The lowest BCUT2D eigenvalue weighted by Gasteiger charge is -2.35. The van der Waals surface area contributed by atoms with Crippen LogP contribution in [-0.2, 0) is 11.3 Å². The number of nitrogens with one attached hydrogen (secondary N) is 1. The number of furan rings is 1. The average Bonchev–Trinajstić information content (AvgIpc) is 3.42. The molecule has 0 aliphatic carbocycles. The third kappa shape index (κ3) is 5.03. The largest absolute Gasteiger partial charge is 0.468 e. The zero-order chi connectivity index (χ0) is 22.5. The number of carbonyl (C=O) groups excluding carboxylic acids is 1. The molecular weight excluding hydrogens is 442 g/mol. The minimum Gasteiger partial charge on any atom is -0.468 e. The van der Waals surface area contributed by atoms with Crippen LogP contribution in [-0.4, -0.2) is 53.7 Å². The normalized spacial score (nSPS) is 14.4. The van der Waals surface area contributed by atoms with Crippen molar-refractivity contribution in [2.45, 2.75) is 20.4 Å². The van der Waals surface area contributed by atoms with Crippen molar-refractivity contribution < 1.29 is 13.9 Å². The van der Waals surface area contributed by atoms with Crippen LogP contribution in [0.3, 0.4) is 0 Å². The second-order valence-electron chi connectivity index (χ2n) is 7.60. The van der Waals surface area contributed by atoms with Gasteiger partial charge in [0.2, 0.25) is 0 Å². The number of hydrogen-bond acceptors (Lipinski definition) is 6. The van der Waals surface area contributed by atoms with Crippen molar-refractivity contribution in [3.05, 3.63) is 64.9 Å². The van der Waals surface area contributed by atoms with Crippen LogP contribution in [0, 0.1) is 6.92 Å². The maximum Gasteiger partial charge on any atom is 0.341 e. The second kappa shape index (κ2) is 10.3. The van der Waals surface area contributed by atoms with Gasteiger partial charge >= 0.3 is 5.97 Å². The Hall–Kier alpha value is -2.68. The highest BCUT2D eigenvalue weighted by Crippen LogP contribution is 2.40. The maximum absolute atomic E-state index is 12.9. The quantitative estimate of drug-likeness (QED) is 0.402. The first kappa shape index (κ1) is 22.5. The van der Waals surface area contributed by atoms with Crippen LogP contribution in [0.1, 0.15) is 27.9 Å². The molecule has 0 atom stereocenters. The highest BCUT2D eigenvalue weighted by Gasteiger charge is 2.26. The van der Waals surface area contributed by atoms with Gasteiger partial charge in [-0.25, -0.2) is 4.79 Å². The van der Waals surface area contributed by atoms with Crippen molar-refractivity contribution >= 4 is 39.6 Å². The Labute approximate surface area is 197 Å². The molecule has 0 saturated carbocycles. The average molecular weight is 470 g/mol. The van der Waals surface area contributed by atoms with E-state index >= 15 is 0 Å². The van der Waals surface area contributed by atoms with Gasteiger partial charge in [-0.05, 0) is 43.8 Å². The van der Waals surface area contributed by atoms with Crippen LogP contribution in [0.15, 0.2) is 53.1 Å². The van der Waals surface area contributed by atoms with Crippen molar-refractivity contribution in [1.82, 2.24) is 9.80 Å². The molecule has 0 unspecified atom stereocenters. The van der Waals surface area contributed by atoms with Crippen LogP contribution in [0.25, 0.3) is 11.1 Å². The number of rotatable bonds is 6. The van der Waals surface area contributed by atoms with Crippen LogP contribution in [0.5, 0.6) is 0 Å². The van der Waals surface area contributed by atoms with Gasteiger partial charge in [-0.1, -0.05) is 30.3 Å². The Bertz CT molecular complexity index is 1060. The Kier molecular flexibility index (Phi) is 7.24. The number of carbonyl (C=O) groups is 1. The fourth-order valence-corrected chi connectivity index (χ4v) is 5.30. The van der Waals surface area contributed by atoms with E-state index in [-0.39, 0.29) is 5.97 Å². The molecular formula is C24H27N3O3S2. The van der Waals surface area contributed by atoms with E-state index < -0.39 is 0 Å². The summed E-state index contributed by atoms with van der Waals surface area (Å²) in [6, 6.07) is 13.9. The molecule has 168 valence electrons. The van der Waals surface area contributed by atoms with Gasteiger partial charge in [-0.3, -0.25) is 4.90 Å². The van der Waals surface area contributed by atoms with E-state index in [4.69, 9.17) is 21.4 Å². The summed E-state index contributed by atoms with van der Waals surface area (Å²) in [6.07, 6.45) is 1.71. The maximum atomic E-state index is 12.9. The zero-order valence-electron chi connectivity index (χ0n) is 18.3. The first-order chi connectivity index (χ1) is 15.6. The molecule has 1 N–H and O–H groups in total. The molecule has 1 fully saturated rings. The molecule has 2 aromatic heterocycles. The molecule has 8 heteroatoms. The van der Waals surface area contributed by atoms with Crippen LogP contribution in [0.2, 0.25) is 0 Å². The molecule has 32 heavy (non-hydrogen) atoms. The summed E-state index contributed by atoms with van der Waals surface area (Å²) in [7, 11) is 0. The van der Waals surface area contributed by atoms with Crippen molar-refractivity contribution in [1.29, 1.82) is 0 Å². The summed E-state index contributed by atoms with van der Waals surface area (Å²) in [5.74, 6) is 0.644. The Morgan fingerprint density at radius 1 is 1.16 bits per heavy atom. The minimum atomic E-state index is -0.329. The molecule has 0 bridgehead atoms. The molecule has 3 aromatic rings. The number of aryl methyl sites for hydroxylation is 1. The van der Waals surface area contributed by atoms with E-state index in [0.717, 1.165) is 59.5 Å². The molecule has 1 aromatic carbocycles. The predicted molar refractivity (Wildman–Crippen MR) is 132 cm³/mol. The van der Waals surface area contributed by atoms with E-state index in [1.807, 2.05) is 56.3 Å². The summed E-state index contributed by atoms with van der Waals surface area (Å²) in [4.78, 5) is 18.5. The number of anilines is 1. The first-order valence-corrected chi connectivity index (χ1v) is 12.0. The topological polar surface area (TPSA) is 58.0 Å². The van der Waals surface area contributed by atoms with Crippen LogP contribution < -0.4 is 5.32 Å². The van der Waals surface area contributed by atoms with Crippen LogP contribution in [0.4, 0.5) is 5.00 Å². The summed E-state index contributed by atoms with van der Waals surface area (Å²) in [6.45, 7) is 8.39. The lowest BCUT2D eigenvalue weighted by atomic mass is 10.0. The lowest BCUT2D eigenvalue weighted by Crippen LogP contribution is -2.49. The molecule has 1 aliphatic heterocycles. The Balaban J connectivity index is 1.49. The SMILES string of the molecule is CCOC(=O)c1c(NC(=S)N2CCN(Cc3ccco3)CC2)sc(C)c1-c1ccccc1. The van der Waals surface area contributed by atoms with E-state index in [1.54, 1.807) is 6.26 Å². The number of piperazine rings is 1. The highest BCUT2D eigenvalue weighted by molar-refractivity contribution is 7.80. The number of benzene rings is 1. The van der Waals surface area contributed by atoms with Crippen molar-refractivity contribution in [2.75, 3.05) is 38.1 Å². The number of nitrogens with zero attached hydrogens (tertiary/aromatic N) is 2. The predicted octanol–water partition coefficient (Wildman–Crippen LogP) is 5.01. The zero-order valence-corrected chi connectivity index (χ0v) is 19.9. The van der Waals surface area contributed by atoms with Gasteiger partial charge in [0.05, 0.1) is 19.4 Å². The number of hydrogen-bond donors (Lipinski definition) is 1. The van der Waals surface area contributed by atoms with E-state index in [1.165, 1.54) is 11.3 Å². The van der Waals surface area contributed by atoms with Crippen molar-refractivity contribution in [2.24, 2.45) is 0 Å². The molecule has 4 rings (SSSR count). The number of ether oxygens (including phenoxy) is 1. The summed E-state index contributed by atoms with van der Waals surface area (Å²) < 4.78 is 10.8. The van der Waals surface area contributed by atoms with E-state index in [0.29, 0.717) is 17.3 Å². The third-order valence-corrected chi connectivity index (χ3v) is 6.85. The Morgan fingerprint density at radius 3 is 2.56 bits per heavy atom. The number of thiophene rings is 1. The second-order valence-corrected chi connectivity index (χ2v) is 9.21. The molecule has 3 heterocycles. The van der Waals surface area contributed by atoms with Gasteiger partial charge in [-0.15, -0.1) is 11.3 Å². The smallest absolute Gasteiger partial charge is 0.341 e. The monoisotopic (exact) mass is 469 g/mol. The molecule has 6 nitrogen and oxygen atoms in total. The molecule has 1 aliphatic rings. The highest BCUT2D eigenvalue weighted by atomic mass is 32.1. The molecule has 0 amide bonds. The van der Waals surface area contributed by atoms with Gasteiger partial charge in [0, 0.05) is 36.6 Å². The molecule has 1 saturated heterocycles. The van der Waals surface area contributed by atoms with Crippen LogP contribution >= 0.6 is 23.6 Å².